The second kappa shape index (κ2) is 11.5. The summed E-state index contributed by atoms with van der Waals surface area (Å²) < 4.78 is 0. The first-order valence-corrected chi connectivity index (χ1v) is 12.7. The molecule has 2 heteroatoms. The summed E-state index contributed by atoms with van der Waals surface area (Å²) in [5.41, 5.74) is 0. The normalized spacial score (nSPS) is 34.0. The van der Waals surface area contributed by atoms with Crippen molar-refractivity contribution in [2.45, 2.75) is 90.9 Å². The van der Waals surface area contributed by atoms with Gasteiger partial charge in [0.05, 0.1) is 0 Å². The van der Waals surface area contributed by atoms with Crippen molar-refractivity contribution in [2.24, 2.45) is 35.5 Å². The molecule has 0 aromatic carbocycles. The molecule has 0 aliphatic heterocycles. The molecule has 2 saturated carbocycles. The van der Waals surface area contributed by atoms with Crippen LogP contribution < -0.4 is 0 Å². The standard InChI is InChI=1S/C22H44P2/c1-3-17(15-23)13-19-5-9-21(10-6-19)22-11-7-20(8-12-22)14-18(4-2)16-24/h17-22H,3-16,23-24H2,1-2H3. The van der Waals surface area contributed by atoms with Crippen LogP contribution in [0.15, 0.2) is 0 Å². The molecule has 0 nitrogen and oxygen atoms in total. The summed E-state index contributed by atoms with van der Waals surface area (Å²) in [5.74, 6) is 6.21. The largest absolute Gasteiger partial charge is 0.137 e. The minimum absolute atomic E-state index is 0.968. The molecule has 0 aromatic heterocycles. The molecule has 24 heavy (non-hydrogen) atoms. The average Bonchev–Trinajstić information content (AvgIpc) is 2.65. The third kappa shape index (κ3) is 6.54. The SMILES string of the molecule is CCC(CP)CC1CCC(C2CCC(CC(CC)CP)CC2)CC1. The third-order valence-electron chi connectivity index (χ3n) is 7.60. The maximum atomic E-state index is 2.97. The Labute approximate surface area is 157 Å². The molecular formula is C22H44P2. The summed E-state index contributed by atoms with van der Waals surface area (Å²) in [6.07, 6.45) is 20.8. The molecule has 2 aliphatic carbocycles. The van der Waals surface area contributed by atoms with Crippen LogP contribution in [0.5, 0.6) is 0 Å². The highest BCUT2D eigenvalue weighted by Crippen LogP contribution is 2.44. The van der Waals surface area contributed by atoms with Crippen LogP contribution in [0.3, 0.4) is 0 Å². The maximum Gasteiger partial charge on any atom is -0.0353 e. The molecule has 0 amide bonds. The van der Waals surface area contributed by atoms with Crippen LogP contribution in [0, 0.1) is 35.5 Å². The second-order valence-electron chi connectivity index (χ2n) is 9.05. The Balaban J connectivity index is 1.67. The van der Waals surface area contributed by atoms with E-state index in [0.29, 0.717) is 0 Å². The van der Waals surface area contributed by atoms with E-state index in [4.69, 9.17) is 0 Å². The Morgan fingerprint density at radius 3 is 1.21 bits per heavy atom. The highest BCUT2D eigenvalue weighted by atomic mass is 31.0. The fraction of sp³-hybridized carbons (Fsp3) is 1.00. The lowest BCUT2D eigenvalue weighted by Gasteiger charge is -2.39. The molecular weight excluding hydrogens is 326 g/mol. The van der Waals surface area contributed by atoms with Gasteiger partial charge in [0.25, 0.3) is 0 Å². The highest BCUT2D eigenvalue weighted by Gasteiger charge is 2.31. The second-order valence-corrected chi connectivity index (χ2v) is 10.00. The van der Waals surface area contributed by atoms with Gasteiger partial charge < -0.3 is 0 Å². The van der Waals surface area contributed by atoms with Crippen molar-refractivity contribution in [3.8, 4) is 0 Å². The van der Waals surface area contributed by atoms with Crippen LogP contribution in [0.4, 0.5) is 0 Å². The number of rotatable bonds is 9. The predicted octanol–water partition coefficient (Wildman–Crippen LogP) is 7.18. The Hall–Kier alpha value is 0.860. The van der Waals surface area contributed by atoms with E-state index < -0.39 is 0 Å². The van der Waals surface area contributed by atoms with Gasteiger partial charge in [-0.05, 0) is 86.4 Å². The van der Waals surface area contributed by atoms with E-state index in [1.165, 1.54) is 63.7 Å². The van der Waals surface area contributed by atoms with Crippen molar-refractivity contribution in [3.63, 3.8) is 0 Å². The van der Waals surface area contributed by atoms with Gasteiger partial charge in [0, 0.05) is 0 Å². The van der Waals surface area contributed by atoms with E-state index in [1.54, 1.807) is 25.7 Å². The summed E-state index contributed by atoms with van der Waals surface area (Å²) in [4.78, 5) is 0. The minimum Gasteiger partial charge on any atom is -0.137 e. The van der Waals surface area contributed by atoms with Gasteiger partial charge in [0.2, 0.25) is 0 Å². The van der Waals surface area contributed by atoms with Crippen molar-refractivity contribution >= 4 is 18.5 Å². The molecule has 142 valence electrons. The summed E-state index contributed by atoms with van der Waals surface area (Å²) in [7, 11) is 5.95. The molecule has 2 rings (SSSR count). The molecule has 4 unspecified atom stereocenters. The van der Waals surface area contributed by atoms with Gasteiger partial charge in [-0.25, -0.2) is 0 Å². The Bertz CT molecular complexity index is 274. The lowest BCUT2D eigenvalue weighted by atomic mass is 9.67. The van der Waals surface area contributed by atoms with Gasteiger partial charge in [-0.2, -0.15) is 0 Å². The maximum absolute atomic E-state index is 2.97. The lowest BCUT2D eigenvalue weighted by Crippen LogP contribution is -2.27. The zero-order valence-electron chi connectivity index (χ0n) is 16.5. The quantitative estimate of drug-likeness (QED) is 0.377. The summed E-state index contributed by atoms with van der Waals surface area (Å²) in [6.45, 7) is 4.75. The van der Waals surface area contributed by atoms with Crippen LogP contribution in [0.25, 0.3) is 0 Å². The van der Waals surface area contributed by atoms with Gasteiger partial charge >= 0.3 is 0 Å². The van der Waals surface area contributed by atoms with E-state index in [-0.39, 0.29) is 0 Å². The molecule has 4 atom stereocenters. The third-order valence-corrected chi connectivity index (χ3v) is 8.94. The Morgan fingerprint density at radius 1 is 0.625 bits per heavy atom. The molecule has 2 fully saturated rings. The minimum atomic E-state index is 0.968. The van der Waals surface area contributed by atoms with Crippen molar-refractivity contribution in [2.75, 3.05) is 12.3 Å². The molecule has 0 saturated heterocycles. The van der Waals surface area contributed by atoms with E-state index in [9.17, 15) is 0 Å². The van der Waals surface area contributed by atoms with E-state index >= 15 is 0 Å². The zero-order valence-corrected chi connectivity index (χ0v) is 18.8. The topological polar surface area (TPSA) is 0 Å². The van der Waals surface area contributed by atoms with Gasteiger partial charge in [0.15, 0.2) is 0 Å². The zero-order chi connectivity index (χ0) is 17.4. The highest BCUT2D eigenvalue weighted by molar-refractivity contribution is 7.16. The monoisotopic (exact) mass is 370 g/mol. The summed E-state index contributed by atoms with van der Waals surface area (Å²) in [5, 5.41) is 0. The van der Waals surface area contributed by atoms with Crippen LogP contribution in [0.2, 0.25) is 0 Å². The number of hydrogen-bond donors (Lipinski definition) is 0. The van der Waals surface area contributed by atoms with Gasteiger partial charge in [-0.3, -0.25) is 0 Å². The predicted molar refractivity (Wildman–Crippen MR) is 117 cm³/mol. The Morgan fingerprint density at radius 2 is 0.958 bits per heavy atom. The fourth-order valence-electron chi connectivity index (χ4n) is 5.59. The Kier molecular flexibility index (Phi) is 10.2. The van der Waals surface area contributed by atoms with Crippen molar-refractivity contribution in [1.82, 2.24) is 0 Å². The van der Waals surface area contributed by atoms with Crippen LogP contribution in [-0.2, 0) is 0 Å². The molecule has 0 radical (unpaired) electrons. The number of hydrogen-bond acceptors (Lipinski definition) is 0. The van der Waals surface area contributed by atoms with E-state index in [1.807, 2.05) is 0 Å². The van der Waals surface area contributed by atoms with E-state index in [2.05, 4.69) is 32.3 Å². The van der Waals surface area contributed by atoms with Crippen molar-refractivity contribution in [3.05, 3.63) is 0 Å². The van der Waals surface area contributed by atoms with Crippen LogP contribution in [-0.4, -0.2) is 12.3 Å². The first-order valence-electron chi connectivity index (χ1n) is 11.1. The molecule has 0 N–H and O–H groups in total. The van der Waals surface area contributed by atoms with Crippen molar-refractivity contribution in [1.29, 1.82) is 0 Å². The summed E-state index contributed by atoms with van der Waals surface area (Å²) >= 11 is 0. The molecule has 0 aromatic rings. The molecule has 2 aliphatic rings. The first-order chi connectivity index (χ1) is 11.7. The van der Waals surface area contributed by atoms with Crippen LogP contribution >= 0.6 is 18.5 Å². The summed E-state index contributed by atoms with van der Waals surface area (Å²) in [6, 6.07) is 0. The smallest absolute Gasteiger partial charge is 0.0353 e. The lowest BCUT2D eigenvalue weighted by molar-refractivity contribution is 0.132. The van der Waals surface area contributed by atoms with E-state index in [0.717, 1.165) is 35.5 Å². The van der Waals surface area contributed by atoms with Gasteiger partial charge in [-0.15, -0.1) is 18.5 Å². The van der Waals surface area contributed by atoms with Crippen LogP contribution in [0.1, 0.15) is 90.9 Å². The first kappa shape index (κ1) is 21.2. The molecule has 0 spiro atoms. The van der Waals surface area contributed by atoms with Crippen molar-refractivity contribution < 1.29 is 0 Å². The van der Waals surface area contributed by atoms with Gasteiger partial charge in [-0.1, -0.05) is 52.4 Å². The average molecular weight is 371 g/mol. The van der Waals surface area contributed by atoms with Gasteiger partial charge in [0.1, 0.15) is 0 Å². The fourth-order valence-corrected chi connectivity index (χ4v) is 6.64. The molecule has 0 bridgehead atoms. The molecule has 0 heterocycles.